The number of amides is 1. The van der Waals surface area contributed by atoms with Gasteiger partial charge in [-0.2, -0.15) is 0 Å². The van der Waals surface area contributed by atoms with Crippen molar-refractivity contribution in [2.45, 2.75) is 50.7 Å². The third-order valence-electron chi connectivity index (χ3n) is 11.6. The number of nitrogens with zero attached hydrogens (tertiary/aromatic N) is 4. The van der Waals surface area contributed by atoms with Crippen LogP contribution in [0.15, 0.2) is 95.7 Å². The van der Waals surface area contributed by atoms with Gasteiger partial charge in [0.25, 0.3) is 21.6 Å². The molecule has 3 aromatic carbocycles. The number of allylic oxidation sites excluding steroid dienone is 1. The van der Waals surface area contributed by atoms with Gasteiger partial charge in [-0.1, -0.05) is 49.2 Å². The van der Waals surface area contributed by atoms with Crippen LogP contribution in [0.25, 0.3) is 22.2 Å². The summed E-state index contributed by atoms with van der Waals surface area (Å²) in [7, 11) is -3.03. The van der Waals surface area contributed by atoms with E-state index in [1.54, 1.807) is 43.6 Å². The van der Waals surface area contributed by atoms with Crippen molar-refractivity contribution < 1.29 is 36.7 Å². The summed E-state index contributed by atoms with van der Waals surface area (Å²) in [6.45, 7) is 7.34. The lowest BCUT2D eigenvalue weighted by Gasteiger charge is -2.36. The molecule has 17 heteroatoms. The predicted octanol–water partition coefficient (Wildman–Crippen LogP) is 8.74. The molecule has 2 aliphatic heterocycles. The summed E-state index contributed by atoms with van der Waals surface area (Å²) in [6.07, 6.45) is 8.05. The number of hydrogen-bond donors (Lipinski definition) is 2. The zero-order chi connectivity index (χ0) is 43.8. The van der Waals surface area contributed by atoms with E-state index in [1.165, 1.54) is 40.9 Å². The number of nitrogens with one attached hydrogen (secondary N) is 2. The smallest absolute Gasteiger partial charge is 0.293 e. The van der Waals surface area contributed by atoms with Crippen molar-refractivity contribution in [2.75, 3.05) is 51.4 Å². The Morgan fingerprint density at radius 2 is 1.97 bits per heavy atom. The minimum Gasteiger partial charge on any atom is -0.455 e. The molecule has 62 heavy (non-hydrogen) atoms. The number of H-pyrrole nitrogens is 1. The van der Waals surface area contributed by atoms with Crippen LogP contribution in [0.1, 0.15) is 61.0 Å². The van der Waals surface area contributed by atoms with Gasteiger partial charge >= 0.3 is 0 Å². The number of sulfonamides is 1. The lowest BCUT2D eigenvalue weighted by Crippen LogP contribution is -2.42. The molecule has 2 aromatic heterocycles. The van der Waals surface area contributed by atoms with Gasteiger partial charge in [0.1, 0.15) is 28.7 Å². The van der Waals surface area contributed by atoms with Gasteiger partial charge in [0.2, 0.25) is 0 Å². The molecule has 1 fully saturated rings. The molecule has 4 heterocycles. The van der Waals surface area contributed by atoms with Gasteiger partial charge in [0, 0.05) is 54.9 Å². The first-order valence-corrected chi connectivity index (χ1v) is 22.1. The van der Waals surface area contributed by atoms with Crippen LogP contribution in [-0.2, 0) is 19.5 Å². The number of hydrogen-bond acceptors (Lipinski definition) is 11. The van der Waals surface area contributed by atoms with Crippen molar-refractivity contribution in [1.82, 2.24) is 19.6 Å². The summed E-state index contributed by atoms with van der Waals surface area (Å²) in [5.41, 5.74) is 4.86. The lowest BCUT2D eigenvalue weighted by atomic mass is 9.72. The van der Waals surface area contributed by atoms with Crippen molar-refractivity contribution in [3.63, 3.8) is 0 Å². The summed E-state index contributed by atoms with van der Waals surface area (Å²) < 4.78 is 62.1. The monoisotopic (exact) mass is 884 g/mol. The van der Waals surface area contributed by atoms with Gasteiger partial charge in [-0.05, 0) is 96.3 Å². The van der Waals surface area contributed by atoms with Crippen LogP contribution in [0.4, 0.5) is 15.8 Å². The van der Waals surface area contributed by atoms with E-state index in [-0.39, 0.29) is 34.8 Å². The maximum Gasteiger partial charge on any atom is 0.293 e. The highest BCUT2D eigenvalue weighted by Crippen LogP contribution is 2.44. The minimum absolute atomic E-state index is 0.0422. The van der Waals surface area contributed by atoms with Crippen LogP contribution >= 0.6 is 11.6 Å². The highest BCUT2D eigenvalue weighted by molar-refractivity contribution is 7.90. The number of ether oxygens (including phenoxy) is 3. The van der Waals surface area contributed by atoms with E-state index in [4.69, 9.17) is 25.8 Å². The zero-order valence-electron chi connectivity index (χ0n) is 34.5. The molecule has 1 amide bonds. The number of fused-ring (bicyclic) bond motifs is 1. The molecule has 3 aliphatic rings. The fourth-order valence-corrected chi connectivity index (χ4v) is 9.36. The number of likely N-dealkylation sites (N-methyl/N-ethyl adjacent to an activating group) is 1. The zero-order valence-corrected chi connectivity index (χ0v) is 36.0. The second-order valence-electron chi connectivity index (χ2n) is 16.5. The van der Waals surface area contributed by atoms with Crippen LogP contribution in [0.5, 0.6) is 11.5 Å². The van der Waals surface area contributed by atoms with E-state index in [0.717, 1.165) is 54.0 Å². The number of rotatable bonds is 12. The van der Waals surface area contributed by atoms with Crippen molar-refractivity contribution in [3.05, 3.63) is 128 Å². The molecule has 1 aliphatic carbocycles. The number of benzene rings is 3. The Labute approximate surface area is 363 Å². The maximum atomic E-state index is 15.2. The van der Waals surface area contributed by atoms with E-state index < -0.39 is 37.7 Å². The van der Waals surface area contributed by atoms with Gasteiger partial charge in [0.05, 0.1) is 41.4 Å². The molecular weight excluding hydrogens is 839 g/mol. The fraction of sp³-hybridized carbons (Fsp3) is 0.333. The molecule has 0 saturated carbocycles. The highest BCUT2D eigenvalue weighted by Gasteiger charge is 2.32. The quantitative estimate of drug-likeness (QED) is 0.0908. The van der Waals surface area contributed by atoms with E-state index in [0.29, 0.717) is 54.7 Å². The summed E-state index contributed by atoms with van der Waals surface area (Å²) in [5, 5.41) is 13.3. The van der Waals surface area contributed by atoms with Gasteiger partial charge in [0.15, 0.2) is 6.23 Å². The second-order valence-corrected chi connectivity index (χ2v) is 18.6. The molecule has 5 aromatic rings. The van der Waals surface area contributed by atoms with Crippen LogP contribution in [0.2, 0.25) is 5.02 Å². The number of aromatic nitrogens is 2. The Morgan fingerprint density at radius 3 is 2.71 bits per heavy atom. The highest BCUT2D eigenvalue weighted by atomic mass is 35.5. The van der Waals surface area contributed by atoms with Crippen LogP contribution < -0.4 is 14.4 Å². The van der Waals surface area contributed by atoms with Gasteiger partial charge < -0.3 is 24.1 Å². The first kappa shape index (κ1) is 43.0. The second kappa shape index (κ2) is 17.6. The average Bonchev–Trinajstić information content (AvgIpc) is 3.72. The fourth-order valence-electron chi connectivity index (χ4n) is 8.21. The SMILES string of the molecule is CN(c1ccc(S(=O)(=O)NC(=O)c2ccc(C3=CCN(CC4=C(c5ccc(Cl)cc5F)CC(C)(C)CC4)CC3)cc2Oc2cnc3[nH]ccc3c2)cc1[N+](=O)[O-])C1COCCO1. The number of anilines is 1. The van der Waals surface area contributed by atoms with Crippen molar-refractivity contribution in [2.24, 2.45) is 5.41 Å². The molecule has 0 bridgehead atoms. The summed E-state index contributed by atoms with van der Waals surface area (Å²) in [6, 6.07) is 16.8. The Kier molecular flexibility index (Phi) is 12.2. The standard InChI is InChI=1S/C45H46ClFN6O8S/c1-45(2)14-10-31(37(24-45)35-8-5-32(46)22-38(35)47)26-52-16-12-28(13-17-52)29-4-7-36(41(21-29)61-33-20-30-11-15-48-43(30)49-25-33)44(54)50-62(57,58)34-6-9-39(40(23-34)53(55)56)51(3)42-27-59-18-19-60-42/h4-9,11-12,15,20-23,25,42H,10,13-14,16-19,24,26-27H2,1-3H3,(H,48,49)(H,50,54). The van der Waals surface area contributed by atoms with Gasteiger partial charge in [-0.25, -0.2) is 22.5 Å². The molecule has 0 radical (unpaired) electrons. The molecule has 14 nitrogen and oxygen atoms in total. The number of nitro groups is 1. The number of halogens is 2. The van der Waals surface area contributed by atoms with Crippen LogP contribution in [0, 0.1) is 21.3 Å². The van der Waals surface area contributed by atoms with Crippen molar-refractivity contribution in [3.8, 4) is 11.5 Å². The van der Waals surface area contributed by atoms with Gasteiger partial charge in [-0.3, -0.25) is 19.8 Å². The van der Waals surface area contributed by atoms with Crippen molar-refractivity contribution >= 4 is 61.1 Å². The molecule has 1 saturated heterocycles. The third-order valence-corrected chi connectivity index (χ3v) is 13.2. The Morgan fingerprint density at radius 1 is 1.13 bits per heavy atom. The van der Waals surface area contributed by atoms with Crippen LogP contribution in [0.3, 0.4) is 0 Å². The topological polar surface area (TPSA) is 169 Å². The third kappa shape index (κ3) is 9.39. The van der Waals surface area contributed by atoms with E-state index in [9.17, 15) is 23.3 Å². The lowest BCUT2D eigenvalue weighted by molar-refractivity contribution is -0.384. The summed E-state index contributed by atoms with van der Waals surface area (Å²) >= 11 is 6.10. The number of carbonyl (C=O) groups excluding carboxylic acids is 1. The van der Waals surface area contributed by atoms with E-state index in [1.807, 2.05) is 6.07 Å². The minimum atomic E-state index is -4.62. The summed E-state index contributed by atoms with van der Waals surface area (Å²) in [5.74, 6) is -0.922. The first-order valence-electron chi connectivity index (χ1n) is 20.2. The molecule has 0 spiro atoms. The van der Waals surface area contributed by atoms with E-state index >= 15 is 4.39 Å². The molecular formula is C45H46ClFN6O8S. The number of aromatic amines is 1. The average molecular weight is 885 g/mol. The maximum absolute atomic E-state index is 15.2. The predicted molar refractivity (Wildman–Crippen MR) is 234 cm³/mol. The number of pyridine rings is 1. The largest absolute Gasteiger partial charge is 0.455 e. The number of carbonyl (C=O) groups is 1. The summed E-state index contributed by atoms with van der Waals surface area (Å²) in [4.78, 5) is 36.2. The molecule has 1 atom stereocenters. The number of nitro benzene ring substituents is 1. The first-order chi connectivity index (χ1) is 29.6. The normalized spacial score (nSPS) is 18.3. The molecule has 324 valence electrons. The van der Waals surface area contributed by atoms with E-state index in [2.05, 4.69) is 39.5 Å². The van der Waals surface area contributed by atoms with Crippen LogP contribution in [-0.4, -0.2) is 86.8 Å². The molecule has 2 N–H and O–H groups in total. The molecule has 8 rings (SSSR count). The van der Waals surface area contributed by atoms with Crippen molar-refractivity contribution in [1.29, 1.82) is 0 Å². The Hall–Kier alpha value is -5.65. The van der Waals surface area contributed by atoms with Gasteiger partial charge in [-0.15, -0.1) is 0 Å². The Balaban J connectivity index is 1.05. The molecule has 1 unspecified atom stereocenters. The Bertz CT molecular complexity index is 2730.